The van der Waals surface area contributed by atoms with Crippen LogP contribution in [0.1, 0.15) is 50.4 Å². The first-order chi connectivity index (χ1) is 23.3. The normalized spacial score (nSPS) is 14.2. The quantitative estimate of drug-likeness (QED) is 0.199. The van der Waals surface area contributed by atoms with Crippen LogP contribution in [-0.2, 0) is 14.3 Å². The lowest BCUT2D eigenvalue weighted by atomic mass is 9.93. The maximum Gasteiger partial charge on any atom is 0.338 e. The molecule has 1 aliphatic rings. The lowest BCUT2D eigenvalue weighted by Crippen LogP contribution is -2.40. The molecule has 12 heteroatoms. The summed E-state index contributed by atoms with van der Waals surface area (Å²) in [6.07, 6.45) is 1.72. The number of primary amides is 1. The molecule has 4 aromatic rings. The third-order valence-electron chi connectivity index (χ3n) is 7.19. The van der Waals surface area contributed by atoms with Gasteiger partial charge in [0.2, 0.25) is 0 Å². The summed E-state index contributed by atoms with van der Waals surface area (Å²) >= 11 is 1.20. The molecule has 0 radical (unpaired) electrons. The second-order valence-electron chi connectivity index (χ2n) is 10.4. The fourth-order valence-corrected chi connectivity index (χ4v) is 6.30. The number of aromatic nitrogens is 1. The van der Waals surface area contributed by atoms with Gasteiger partial charge in [0.05, 0.1) is 48.3 Å². The predicted octanol–water partition coefficient (Wildman–Crippen LogP) is 4.00. The van der Waals surface area contributed by atoms with Gasteiger partial charge < -0.3 is 29.4 Å². The summed E-state index contributed by atoms with van der Waals surface area (Å²) in [4.78, 5) is 44.8. The summed E-state index contributed by atoms with van der Waals surface area (Å²) in [6, 6.07) is 19.0. The maximum absolute atomic E-state index is 14.4. The van der Waals surface area contributed by atoms with Crippen LogP contribution in [0.5, 0.6) is 23.0 Å². The number of rotatable bonds is 14. The van der Waals surface area contributed by atoms with Crippen LogP contribution in [0.3, 0.4) is 0 Å². The zero-order chi connectivity index (χ0) is 34.2. The van der Waals surface area contributed by atoms with Gasteiger partial charge in [0.15, 0.2) is 34.4 Å². The summed E-state index contributed by atoms with van der Waals surface area (Å²) in [6.45, 7) is 8.32. The maximum atomic E-state index is 14.4. The first kappa shape index (κ1) is 34.0. The Morgan fingerprint density at radius 3 is 2.15 bits per heavy atom. The van der Waals surface area contributed by atoms with Crippen molar-refractivity contribution in [2.24, 2.45) is 10.7 Å². The fraction of sp³-hybridized carbons (Fsp3) is 0.278. The standard InChI is InChI=1S/C36H37N3O8S/c1-5-43-25-17-15-24(20-28(25)45-7-3)33-31(35(42)46-8-4)32(23-12-10-9-11-13-23)38-36-39(33)34(41)29(48-36)19-22-14-16-26(47-21-30(37)40)27(18-22)44-6-2/h9-20,33H,5-8,21H2,1-4H3,(H2,37,40). The summed E-state index contributed by atoms with van der Waals surface area (Å²) < 4.78 is 30.5. The third kappa shape index (κ3) is 7.28. The molecule has 2 heterocycles. The van der Waals surface area contributed by atoms with Gasteiger partial charge in [0.25, 0.3) is 11.5 Å². The lowest BCUT2D eigenvalue weighted by Gasteiger charge is -2.26. The number of thiazole rings is 1. The van der Waals surface area contributed by atoms with E-state index in [1.165, 1.54) is 15.9 Å². The Morgan fingerprint density at radius 1 is 0.833 bits per heavy atom. The number of fused-ring (bicyclic) bond motifs is 1. The minimum Gasteiger partial charge on any atom is -0.490 e. The molecular weight excluding hydrogens is 634 g/mol. The number of nitrogens with zero attached hydrogens (tertiary/aromatic N) is 2. The molecule has 1 aliphatic heterocycles. The molecule has 5 rings (SSSR count). The Balaban J connectivity index is 1.75. The molecule has 0 aliphatic carbocycles. The van der Waals surface area contributed by atoms with E-state index in [4.69, 9.17) is 34.4 Å². The highest BCUT2D eigenvalue weighted by molar-refractivity contribution is 7.07. The largest absolute Gasteiger partial charge is 0.490 e. The minimum absolute atomic E-state index is 0.135. The van der Waals surface area contributed by atoms with Crippen molar-refractivity contribution in [1.29, 1.82) is 0 Å². The van der Waals surface area contributed by atoms with Gasteiger partial charge in [-0.1, -0.05) is 53.8 Å². The number of ether oxygens (including phenoxy) is 5. The number of esters is 1. The van der Waals surface area contributed by atoms with Crippen molar-refractivity contribution in [3.63, 3.8) is 0 Å². The van der Waals surface area contributed by atoms with Crippen LogP contribution in [-0.4, -0.2) is 49.5 Å². The highest BCUT2D eigenvalue weighted by atomic mass is 32.1. The summed E-state index contributed by atoms with van der Waals surface area (Å²) in [5.74, 6) is 0.582. The first-order valence-electron chi connectivity index (χ1n) is 15.6. The van der Waals surface area contributed by atoms with Gasteiger partial charge in [-0.3, -0.25) is 14.2 Å². The van der Waals surface area contributed by atoms with Gasteiger partial charge in [-0.2, -0.15) is 0 Å². The van der Waals surface area contributed by atoms with Crippen LogP contribution in [0.2, 0.25) is 0 Å². The van der Waals surface area contributed by atoms with Gasteiger partial charge in [0.1, 0.15) is 0 Å². The third-order valence-corrected chi connectivity index (χ3v) is 8.18. The van der Waals surface area contributed by atoms with E-state index in [9.17, 15) is 14.4 Å². The Kier molecular flexibility index (Phi) is 11.0. The van der Waals surface area contributed by atoms with Crippen LogP contribution in [0.15, 0.2) is 82.1 Å². The van der Waals surface area contributed by atoms with Crippen molar-refractivity contribution >= 4 is 35.0 Å². The van der Waals surface area contributed by atoms with E-state index in [-0.39, 0.29) is 24.3 Å². The van der Waals surface area contributed by atoms with Gasteiger partial charge in [-0.05, 0) is 69.2 Å². The van der Waals surface area contributed by atoms with Crippen molar-refractivity contribution in [2.75, 3.05) is 33.0 Å². The van der Waals surface area contributed by atoms with E-state index in [0.29, 0.717) is 74.5 Å². The smallest absolute Gasteiger partial charge is 0.338 e. The van der Waals surface area contributed by atoms with Crippen molar-refractivity contribution < 1.29 is 33.3 Å². The van der Waals surface area contributed by atoms with Gasteiger partial charge in [-0.15, -0.1) is 0 Å². The summed E-state index contributed by atoms with van der Waals surface area (Å²) in [7, 11) is 0. The van der Waals surface area contributed by atoms with Gasteiger partial charge in [0, 0.05) is 5.56 Å². The minimum atomic E-state index is -0.892. The average Bonchev–Trinajstić information content (AvgIpc) is 3.39. The summed E-state index contributed by atoms with van der Waals surface area (Å²) in [5.41, 5.74) is 7.51. The predicted molar refractivity (Wildman–Crippen MR) is 182 cm³/mol. The molecule has 0 saturated heterocycles. The van der Waals surface area contributed by atoms with E-state index in [2.05, 4.69) is 0 Å². The zero-order valence-electron chi connectivity index (χ0n) is 27.2. The number of hydrogen-bond donors (Lipinski definition) is 1. The Hall–Kier alpha value is -5.36. The molecule has 3 aromatic carbocycles. The molecule has 0 bridgehead atoms. The monoisotopic (exact) mass is 671 g/mol. The molecule has 250 valence electrons. The van der Waals surface area contributed by atoms with Crippen molar-refractivity contribution in [3.8, 4) is 23.0 Å². The summed E-state index contributed by atoms with van der Waals surface area (Å²) in [5, 5.41) is 0. The lowest BCUT2D eigenvalue weighted by molar-refractivity contribution is -0.138. The van der Waals surface area contributed by atoms with E-state index in [0.717, 1.165) is 0 Å². The molecule has 1 atom stereocenters. The molecule has 0 spiro atoms. The molecule has 1 aromatic heterocycles. The van der Waals surface area contributed by atoms with E-state index in [1.54, 1.807) is 43.3 Å². The molecule has 0 fully saturated rings. The SMILES string of the molecule is CCOC(=O)C1=C(c2ccccc2)N=c2sc(=Cc3ccc(OCC(N)=O)c(OCC)c3)c(=O)n2C1c1ccc(OCC)c(OCC)c1. The number of nitrogens with two attached hydrogens (primary N) is 1. The molecule has 1 amide bonds. The fourth-order valence-electron chi connectivity index (χ4n) is 5.30. The number of carbonyl (C=O) groups excluding carboxylic acids is 2. The topological polar surface area (TPSA) is 141 Å². The van der Waals surface area contributed by atoms with Crippen LogP contribution < -0.4 is 39.6 Å². The zero-order valence-corrected chi connectivity index (χ0v) is 28.0. The number of benzene rings is 3. The van der Waals surface area contributed by atoms with Crippen molar-refractivity contribution in [2.45, 2.75) is 33.7 Å². The number of carbonyl (C=O) groups is 2. The van der Waals surface area contributed by atoms with Crippen molar-refractivity contribution in [3.05, 3.63) is 109 Å². The van der Waals surface area contributed by atoms with Crippen LogP contribution in [0.25, 0.3) is 11.8 Å². The number of hydrogen-bond acceptors (Lipinski definition) is 10. The van der Waals surface area contributed by atoms with Crippen LogP contribution in [0, 0.1) is 0 Å². The van der Waals surface area contributed by atoms with Gasteiger partial charge in [-0.25, -0.2) is 9.79 Å². The Morgan fingerprint density at radius 2 is 1.48 bits per heavy atom. The Bertz CT molecular complexity index is 2020. The van der Waals surface area contributed by atoms with Crippen molar-refractivity contribution in [1.82, 2.24) is 4.57 Å². The molecule has 11 nitrogen and oxygen atoms in total. The second-order valence-corrected chi connectivity index (χ2v) is 11.4. The molecule has 2 N–H and O–H groups in total. The van der Waals surface area contributed by atoms with E-state index < -0.39 is 17.9 Å². The highest BCUT2D eigenvalue weighted by Gasteiger charge is 2.35. The molecule has 1 unspecified atom stereocenters. The highest BCUT2D eigenvalue weighted by Crippen LogP contribution is 2.39. The Labute approximate surface area is 281 Å². The van der Waals surface area contributed by atoms with Crippen LogP contribution >= 0.6 is 11.3 Å². The molecule has 48 heavy (non-hydrogen) atoms. The first-order valence-corrected chi connectivity index (χ1v) is 16.5. The van der Waals surface area contributed by atoms with Gasteiger partial charge >= 0.3 is 5.97 Å². The second kappa shape index (κ2) is 15.5. The van der Waals surface area contributed by atoms with E-state index >= 15 is 0 Å². The molecular formula is C36H37N3O8S. The average molecular weight is 672 g/mol. The van der Waals surface area contributed by atoms with Crippen LogP contribution in [0.4, 0.5) is 0 Å². The number of amides is 1. The van der Waals surface area contributed by atoms with E-state index in [1.807, 2.05) is 57.2 Å². The molecule has 0 saturated carbocycles.